The van der Waals surface area contributed by atoms with Crippen molar-refractivity contribution in [2.45, 2.75) is 13.0 Å². The Morgan fingerprint density at radius 2 is 1.78 bits per heavy atom. The van der Waals surface area contributed by atoms with Gasteiger partial charge in [0.2, 0.25) is 10.0 Å². The molecule has 0 fully saturated rings. The molecule has 1 amide bonds. The highest BCUT2D eigenvalue weighted by atomic mass is 32.2. The molecule has 2 aromatic carbocycles. The first-order chi connectivity index (χ1) is 15.2. The third-order valence-electron chi connectivity index (χ3n) is 4.46. The van der Waals surface area contributed by atoms with E-state index < -0.39 is 26.9 Å². The Labute approximate surface area is 184 Å². The van der Waals surface area contributed by atoms with Crippen molar-refractivity contribution in [1.29, 1.82) is 0 Å². The summed E-state index contributed by atoms with van der Waals surface area (Å²) in [6.45, 7) is 1.46. The van der Waals surface area contributed by atoms with Crippen LogP contribution in [0, 0.1) is 10.1 Å². The SMILES string of the molecule is C[C@H](C(=O)N/N=C\c1ccc(-c2ccc([N+](=O)[O-])cc2)o1)N(c1ccccc1)S(C)(=O)=O. The maximum absolute atomic E-state index is 12.5. The maximum Gasteiger partial charge on any atom is 0.269 e. The minimum Gasteiger partial charge on any atom is -0.455 e. The Hall–Kier alpha value is -3.99. The number of amides is 1. The molecule has 32 heavy (non-hydrogen) atoms. The van der Waals surface area contributed by atoms with Gasteiger partial charge in [-0.25, -0.2) is 13.8 Å². The number of nitro benzene ring substituents is 1. The van der Waals surface area contributed by atoms with E-state index in [0.717, 1.165) is 10.6 Å². The summed E-state index contributed by atoms with van der Waals surface area (Å²) in [5, 5.41) is 14.6. The fourth-order valence-corrected chi connectivity index (χ4v) is 4.14. The number of carbonyl (C=O) groups is 1. The van der Waals surface area contributed by atoms with E-state index in [4.69, 9.17) is 4.42 Å². The largest absolute Gasteiger partial charge is 0.455 e. The van der Waals surface area contributed by atoms with Crippen LogP contribution < -0.4 is 9.73 Å². The van der Waals surface area contributed by atoms with Crippen LogP contribution in [0.2, 0.25) is 0 Å². The molecule has 3 rings (SSSR count). The molecule has 0 aliphatic carbocycles. The summed E-state index contributed by atoms with van der Waals surface area (Å²) in [5.74, 6) is 0.167. The molecule has 10 nitrogen and oxygen atoms in total. The zero-order valence-corrected chi connectivity index (χ0v) is 18.0. The van der Waals surface area contributed by atoms with Gasteiger partial charge < -0.3 is 4.42 Å². The van der Waals surface area contributed by atoms with Gasteiger partial charge in [0.25, 0.3) is 11.6 Å². The zero-order valence-electron chi connectivity index (χ0n) is 17.2. The van der Waals surface area contributed by atoms with Crippen molar-refractivity contribution in [3.63, 3.8) is 0 Å². The number of non-ortho nitro benzene ring substituents is 1. The Bertz CT molecular complexity index is 1240. The number of nitro groups is 1. The lowest BCUT2D eigenvalue weighted by molar-refractivity contribution is -0.384. The number of carbonyl (C=O) groups excluding carboxylic acids is 1. The van der Waals surface area contributed by atoms with Crippen molar-refractivity contribution < 1.29 is 22.6 Å². The van der Waals surface area contributed by atoms with Crippen LogP contribution in [0.15, 0.2) is 76.2 Å². The van der Waals surface area contributed by atoms with Crippen LogP contribution in [0.5, 0.6) is 0 Å². The molecule has 166 valence electrons. The zero-order chi connectivity index (χ0) is 23.3. The van der Waals surface area contributed by atoms with Crippen LogP contribution in [0.4, 0.5) is 11.4 Å². The first-order valence-corrected chi connectivity index (χ1v) is 11.2. The summed E-state index contributed by atoms with van der Waals surface area (Å²) >= 11 is 0. The molecule has 1 N–H and O–H groups in total. The molecule has 11 heteroatoms. The number of hydrazone groups is 1. The number of benzene rings is 2. The monoisotopic (exact) mass is 456 g/mol. The van der Waals surface area contributed by atoms with Crippen molar-refractivity contribution in [2.24, 2.45) is 5.10 Å². The van der Waals surface area contributed by atoms with E-state index in [1.165, 1.54) is 25.3 Å². The van der Waals surface area contributed by atoms with Gasteiger partial charge in [-0.3, -0.25) is 19.2 Å². The second kappa shape index (κ2) is 9.43. The minimum atomic E-state index is -3.72. The highest BCUT2D eigenvalue weighted by Crippen LogP contribution is 2.24. The van der Waals surface area contributed by atoms with Crippen molar-refractivity contribution >= 4 is 33.5 Å². The van der Waals surface area contributed by atoms with E-state index in [1.807, 2.05) is 0 Å². The Morgan fingerprint density at radius 3 is 2.38 bits per heavy atom. The second-order valence-electron chi connectivity index (χ2n) is 6.81. The van der Waals surface area contributed by atoms with Gasteiger partial charge in [0, 0.05) is 17.7 Å². The molecule has 1 atom stereocenters. The normalized spacial score (nSPS) is 12.4. The minimum absolute atomic E-state index is 0.0300. The van der Waals surface area contributed by atoms with Crippen molar-refractivity contribution in [3.05, 3.63) is 82.6 Å². The summed E-state index contributed by atoms with van der Waals surface area (Å²) < 4.78 is 31.1. The molecule has 3 aromatic rings. The predicted molar refractivity (Wildman–Crippen MR) is 120 cm³/mol. The molecule has 0 bridgehead atoms. The third kappa shape index (κ3) is 5.38. The summed E-state index contributed by atoms with van der Waals surface area (Å²) in [7, 11) is -3.72. The number of sulfonamides is 1. The number of nitrogens with zero attached hydrogens (tertiary/aromatic N) is 3. The average Bonchev–Trinajstić information content (AvgIpc) is 3.22. The van der Waals surface area contributed by atoms with E-state index >= 15 is 0 Å². The second-order valence-corrected chi connectivity index (χ2v) is 8.67. The topological polar surface area (TPSA) is 135 Å². The molecule has 0 saturated carbocycles. The van der Waals surface area contributed by atoms with Crippen LogP contribution in [-0.4, -0.2) is 37.8 Å². The number of hydrogen-bond acceptors (Lipinski definition) is 7. The molecule has 0 saturated heterocycles. The van der Waals surface area contributed by atoms with Crippen molar-refractivity contribution in [1.82, 2.24) is 5.43 Å². The van der Waals surface area contributed by atoms with Crippen LogP contribution in [0.3, 0.4) is 0 Å². The Morgan fingerprint density at radius 1 is 1.12 bits per heavy atom. The van der Waals surface area contributed by atoms with Gasteiger partial charge in [0.1, 0.15) is 17.6 Å². The lowest BCUT2D eigenvalue weighted by Crippen LogP contribution is -2.46. The standard InChI is InChI=1S/C21H20N4O6S/c1-15(24(32(2,29)30)17-6-4-3-5-7-17)21(26)23-22-14-19-12-13-20(31-19)16-8-10-18(11-9-16)25(27)28/h3-15H,1-2H3,(H,23,26)/b22-14-/t15-/m1/s1. The van der Waals surface area contributed by atoms with E-state index in [-0.39, 0.29) is 5.69 Å². The first kappa shape index (κ1) is 22.7. The molecular weight excluding hydrogens is 436 g/mol. The molecular formula is C21H20N4O6S. The fraction of sp³-hybridized carbons (Fsp3) is 0.143. The highest BCUT2D eigenvalue weighted by molar-refractivity contribution is 7.92. The molecule has 1 heterocycles. The third-order valence-corrected chi connectivity index (χ3v) is 5.70. The van der Waals surface area contributed by atoms with Gasteiger partial charge in [-0.15, -0.1) is 0 Å². The smallest absolute Gasteiger partial charge is 0.269 e. The molecule has 0 spiro atoms. The number of rotatable bonds is 8. The lowest BCUT2D eigenvalue weighted by Gasteiger charge is -2.27. The number of para-hydroxylation sites is 1. The van der Waals surface area contributed by atoms with Crippen LogP contribution in [0.25, 0.3) is 11.3 Å². The fourth-order valence-electron chi connectivity index (χ4n) is 2.96. The Balaban J connectivity index is 1.68. The molecule has 0 aliphatic heterocycles. The van der Waals surface area contributed by atoms with Crippen molar-refractivity contribution in [2.75, 3.05) is 10.6 Å². The molecule has 0 aliphatic rings. The van der Waals surface area contributed by atoms with E-state index in [0.29, 0.717) is 22.8 Å². The molecule has 0 radical (unpaired) electrons. The lowest BCUT2D eigenvalue weighted by atomic mass is 10.1. The first-order valence-electron chi connectivity index (χ1n) is 9.39. The number of hydrogen-bond donors (Lipinski definition) is 1. The summed E-state index contributed by atoms with van der Waals surface area (Å²) in [6, 6.07) is 16.4. The summed E-state index contributed by atoms with van der Waals surface area (Å²) in [6.07, 6.45) is 2.29. The molecule has 0 unspecified atom stereocenters. The van der Waals surface area contributed by atoms with E-state index in [9.17, 15) is 23.3 Å². The van der Waals surface area contributed by atoms with Gasteiger partial charge in [-0.1, -0.05) is 18.2 Å². The van der Waals surface area contributed by atoms with Gasteiger partial charge >= 0.3 is 0 Å². The van der Waals surface area contributed by atoms with Crippen molar-refractivity contribution in [3.8, 4) is 11.3 Å². The predicted octanol–water partition coefficient (Wildman–Crippen LogP) is 3.16. The Kier molecular flexibility index (Phi) is 6.69. The quantitative estimate of drug-likeness (QED) is 0.314. The van der Waals surface area contributed by atoms with Crippen LogP contribution in [-0.2, 0) is 14.8 Å². The number of nitrogens with one attached hydrogen (secondary N) is 1. The number of anilines is 1. The summed E-state index contributed by atoms with van der Waals surface area (Å²) in [5.41, 5.74) is 3.28. The van der Waals surface area contributed by atoms with Gasteiger partial charge in [-0.2, -0.15) is 5.10 Å². The van der Waals surface area contributed by atoms with E-state index in [1.54, 1.807) is 54.6 Å². The van der Waals surface area contributed by atoms with Crippen LogP contribution in [0.1, 0.15) is 12.7 Å². The maximum atomic E-state index is 12.5. The summed E-state index contributed by atoms with van der Waals surface area (Å²) in [4.78, 5) is 22.7. The highest BCUT2D eigenvalue weighted by Gasteiger charge is 2.28. The van der Waals surface area contributed by atoms with Gasteiger partial charge in [0.15, 0.2) is 0 Å². The molecule has 1 aromatic heterocycles. The van der Waals surface area contributed by atoms with Gasteiger partial charge in [0.05, 0.1) is 23.1 Å². The van der Waals surface area contributed by atoms with Crippen LogP contribution >= 0.6 is 0 Å². The number of furan rings is 1. The van der Waals surface area contributed by atoms with E-state index in [2.05, 4.69) is 10.5 Å². The average molecular weight is 456 g/mol. The van der Waals surface area contributed by atoms with Gasteiger partial charge in [-0.05, 0) is 43.3 Å².